The smallest absolute Gasteiger partial charge is 0.187 e. The van der Waals surface area contributed by atoms with Gasteiger partial charge in [-0.2, -0.15) is 0 Å². The quantitative estimate of drug-likeness (QED) is 0.0915. The fourth-order valence-corrected chi connectivity index (χ4v) is 16.6. The second-order valence-corrected chi connectivity index (χ2v) is 23.8. The highest BCUT2D eigenvalue weighted by molar-refractivity contribution is 5.81. The maximum atomic E-state index is 13.8. The first-order valence-corrected chi connectivity index (χ1v) is 25.4. The van der Waals surface area contributed by atoms with Crippen LogP contribution in [-0.4, -0.2) is 206 Å². The third kappa shape index (κ3) is 7.82. The fraction of sp³-hybridized carbons (Fsp3) is 0.980. The van der Waals surface area contributed by atoms with Crippen LogP contribution in [0.5, 0.6) is 0 Å². The molecule has 0 aromatic heterocycles. The summed E-state index contributed by atoms with van der Waals surface area (Å²) < 4.78 is 49.3. The molecule has 69 heavy (non-hydrogen) atoms. The van der Waals surface area contributed by atoms with Crippen LogP contribution >= 0.6 is 0 Å². The van der Waals surface area contributed by atoms with Crippen LogP contribution in [0.4, 0.5) is 0 Å². The second-order valence-electron chi connectivity index (χ2n) is 23.8. The van der Waals surface area contributed by atoms with Gasteiger partial charge in [0.2, 0.25) is 0 Å². The molecule has 4 saturated heterocycles. The van der Waals surface area contributed by atoms with Gasteiger partial charge in [-0.25, -0.2) is 0 Å². The van der Waals surface area contributed by atoms with Crippen LogP contribution in [0.3, 0.4) is 0 Å². The van der Waals surface area contributed by atoms with Gasteiger partial charge < -0.3 is 94.1 Å². The highest BCUT2D eigenvalue weighted by Crippen LogP contribution is 2.90. The molecule has 5 saturated carbocycles. The van der Waals surface area contributed by atoms with Crippen molar-refractivity contribution in [3.8, 4) is 0 Å². The Morgan fingerprint density at radius 2 is 1.17 bits per heavy atom. The van der Waals surface area contributed by atoms with E-state index in [2.05, 4.69) is 34.6 Å². The molecule has 11 N–H and O–H groups in total. The first-order valence-electron chi connectivity index (χ1n) is 25.4. The lowest BCUT2D eigenvalue weighted by molar-refractivity contribution is -0.377. The third-order valence-corrected chi connectivity index (χ3v) is 20.5. The first-order chi connectivity index (χ1) is 32.5. The average molecular weight is 989 g/mol. The maximum Gasteiger partial charge on any atom is 0.187 e. The molecule has 0 amide bonds. The molecule has 9 rings (SSSR count). The van der Waals surface area contributed by atoms with Crippen molar-refractivity contribution >= 4 is 5.78 Å². The Bertz CT molecular complexity index is 1860. The molecular weight excluding hydrogens is 909 g/mol. The number of Topliss-reactive ketones (excluding diaryl/α,β-unsaturated/α-hetero) is 1. The highest BCUT2D eigenvalue weighted by Gasteiger charge is 2.85. The molecule has 396 valence electrons. The van der Waals surface area contributed by atoms with Crippen LogP contribution in [0.25, 0.3) is 0 Å². The van der Waals surface area contributed by atoms with E-state index in [1.165, 1.54) is 0 Å². The summed E-state index contributed by atoms with van der Waals surface area (Å²) in [5.74, 6) is -0.919. The van der Waals surface area contributed by atoms with Crippen molar-refractivity contribution in [3.05, 3.63) is 0 Å². The van der Waals surface area contributed by atoms with E-state index < -0.39 is 141 Å². The van der Waals surface area contributed by atoms with Gasteiger partial charge in [0.05, 0.1) is 38.6 Å². The van der Waals surface area contributed by atoms with Crippen molar-refractivity contribution in [1.29, 1.82) is 0 Å². The van der Waals surface area contributed by atoms with E-state index >= 15 is 0 Å². The Labute approximate surface area is 403 Å². The van der Waals surface area contributed by atoms with Gasteiger partial charge in [-0.1, -0.05) is 41.5 Å². The minimum absolute atomic E-state index is 0.00931. The van der Waals surface area contributed by atoms with Crippen molar-refractivity contribution < 1.29 is 98.9 Å². The van der Waals surface area contributed by atoms with Crippen LogP contribution < -0.4 is 0 Å². The minimum atomic E-state index is -1.77. The van der Waals surface area contributed by atoms with Crippen LogP contribution in [0.1, 0.15) is 99.3 Å². The summed E-state index contributed by atoms with van der Waals surface area (Å²) in [6.45, 7) is 11.2. The van der Waals surface area contributed by atoms with Gasteiger partial charge in [-0.3, -0.25) is 4.79 Å². The number of methoxy groups -OCH3 is 1. The lowest BCUT2D eigenvalue weighted by Crippen LogP contribution is -2.65. The van der Waals surface area contributed by atoms with Gasteiger partial charge in [0.15, 0.2) is 24.7 Å². The molecular formula is C49H80O20. The Balaban J connectivity index is 0.877. The van der Waals surface area contributed by atoms with Gasteiger partial charge in [0, 0.05) is 31.8 Å². The molecule has 0 bridgehead atoms. The highest BCUT2D eigenvalue weighted by atomic mass is 16.8. The molecule has 0 radical (unpaired) electrons. The Morgan fingerprint density at radius 3 is 1.78 bits per heavy atom. The van der Waals surface area contributed by atoms with Gasteiger partial charge in [-0.05, 0) is 89.8 Å². The van der Waals surface area contributed by atoms with Crippen molar-refractivity contribution in [2.24, 2.45) is 56.7 Å². The number of ketones is 1. The van der Waals surface area contributed by atoms with Crippen molar-refractivity contribution in [2.75, 3.05) is 33.5 Å². The molecule has 2 spiro atoms. The SMILES string of the molecule is CO[C@]12C[C@@]3(C)[C@@H]4CC[C@H]5C(C)(C)[C@@H](O[C@@H]6O[C@H](CO)[C@H](O)[C@H](O)[C@H]6O[C@@H]6O[C@H](CO)[C@@H](O)[C@H](O)[C@H]6O)CC[C@@]56C[C@@]46CC[C@]3(C)[C@H]1[C@H](C)[C@H](CC(=O)[C@@H](C)CO[C@@H]1O[C@H](CO)[C@@H](O)[C@@H](O)[C@H]1O)O2. The summed E-state index contributed by atoms with van der Waals surface area (Å²) in [6, 6.07) is 0. The first kappa shape index (κ1) is 52.8. The zero-order valence-corrected chi connectivity index (χ0v) is 41.0. The Hall–Kier alpha value is -1.09. The predicted molar refractivity (Wildman–Crippen MR) is 236 cm³/mol. The van der Waals surface area contributed by atoms with E-state index in [0.29, 0.717) is 18.8 Å². The van der Waals surface area contributed by atoms with E-state index in [1.54, 1.807) is 14.0 Å². The fourth-order valence-electron chi connectivity index (χ4n) is 16.6. The van der Waals surface area contributed by atoms with E-state index in [-0.39, 0.29) is 58.2 Å². The number of aliphatic hydroxyl groups is 11. The minimum Gasteiger partial charge on any atom is -0.394 e. The normalized spacial score (nSPS) is 55.8. The van der Waals surface area contributed by atoms with Crippen LogP contribution in [0.15, 0.2) is 0 Å². The predicted octanol–water partition coefficient (Wildman–Crippen LogP) is -1.17. The standard InChI is InChI=1S/C49H80O20/c1-21(18-63-41-37(60)34(57)31(54)25(15-50)64-41)23(53)14-24-22(2)40-45(5)12-13-48-20-47(48)11-10-30(44(3,4)28(47)8-9-29(48)46(45,6)19-49(40,62-7)69-24)67-43-39(36(59)33(56)27(17-52)66-43)68-42-38(61)35(58)32(55)26(16-51)65-42/h21-22,24-43,50-52,54-61H,8-20H2,1-7H3/t21-,22+,24-,25+,26+,27+,28-,29-,30-,31+,32+,33-,34+,35-,36-,37+,38+,39+,40+,41+,42-,43-,45+,46-,47+,48-,49-/m0/s1. The van der Waals surface area contributed by atoms with Gasteiger partial charge in [-0.15, -0.1) is 0 Å². The summed E-state index contributed by atoms with van der Waals surface area (Å²) in [5, 5.41) is 114. The summed E-state index contributed by atoms with van der Waals surface area (Å²) >= 11 is 0. The molecule has 5 aliphatic carbocycles. The van der Waals surface area contributed by atoms with Gasteiger partial charge >= 0.3 is 0 Å². The van der Waals surface area contributed by atoms with Crippen LogP contribution in [-0.2, 0) is 42.7 Å². The van der Waals surface area contributed by atoms with E-state index in [1.807, 2.05) is 0 Å². The number of ether oxygens (including phenoxy) is 8. The molecule has 9 aliphatic rings. The lowest BCUT2D eigenvalue weighted by atomic mass is 9.41. The average Bonchev–Trinajstić information content (AvgIpc) is 3.84. The second kappa shape index (κ2) is 18.6. The molecule has 0 aromatic carbocycles. The number of fused-ring (bicyclic) bond motifs is 4. The number of aliphatic hydroxyl groups excluding tert-OH is 11. The van der Waals surface area contributed by atoms with Gasteiger partial charge in [0.25, 0.3) is 0 Å². The van der Waals surface area contributed by atoms with Crippen molar-refractivity contribution in [1.82, 2.24) is 0 Å². The van der Waals surface area contributed by atoms with Crippen LogP contribution in [0.2, 0.25) is 0 Å². The zero-order valence-electron chi connectivity index (χ0n) is 41.0. The van der Waals surface area contributed by atoms with E-state index in [4.69, 9.17) is 37.9 Å². The van der Waals surface area contributed by atoms with Crippen molar-refractivity contribution in [2.45, 2.75) is 209 Å². The topological polar surface area (TPSA) is 313 Å². The molecule has 27 atom stereocenters. The number of hydrogen-bond donors (Lipinski definition) is 11. The third-order valence-electron chi connectivity index (χ3n) is 20.5. The summed E-state index contributed by atoms with van der Waals surface area (Å²) in [5.41, 5.74) is -0.569. The Kier molecular flexibility index (Phi) is 14.2. The molecule has 4 aliphatic heterocycles. The Morgan fingerprint density at radius 1 is 0.623 bits per heavy atom. The molecule has 4 heterocycles. The van der Waals surface area contributed by atoms with Crippen LogP contribution in [0, 0.1) is 56.7 Å². The number of hydrogen-bond acceptors (Lipinski definition) is 20. The lowest BCUT2D eigenvalue weighted by Gasteiger charge is -2.63. The maximum absolute atomic E-state index is 13.8. The molecule has 20 nitrogen and oxygen atoms in total. The molecule has 0 unspecified atom stereocenters. The molecule has 20 heteroatoms. The summed E-state index contributed by atoms with van der Waals surface area (Å²) in [6.07, 6.45) is -15.8. The monoisotopic (exact) mass is 989 g/mol. The summed E-state index contributed by atoms with van der Waals surface area (Å²) in [7, 11) is 1.72. The largest absolute Gasteiger partial charge is 0.394 e. The van der Waals surface area contributed by atoms with Gasteiger partial charge in [0.1, 0.15) is 79.0 Å². The number of rotatable bonds is 14. The molecule has 9 fully saturated rings. The van der Waals surface area contributed by atoms with E-state index in [9.17, 15) is 61.0 Å². The number of carbonyl (C=O) groups excluding carboxylic acids is 1. The summed E-state index contributed by atoms with van der Waals surface area (Å²) in [4.78, 5) is 13.8. The molecule has 0 aromatic rings. The zero-order chi connectivity index (χ0) is 50.1. The van der Waals surface area contributed by atoms with Crippen molar-refractivity contribution in [3.63, 3.8) is 0 Å². The van der Waals surface area contributed by atoms with E-state index in [0.717, 1.165) is 38.5 Å². The number of carbonyl (C=O) groups is 1.